The third-order valence-electron chi connectivity index (χ3n) is 5.54. The van der Waals surface area contributed by atoms with Crippen molar-refractivity contribution in [3.8, 4) is 11.1 Å². The Morgan fingerprint density at radius 2 is 1.67 bits per heavy atom. The van der Waals surface area contributed by atoms with E-state index in [1.54, 1.807) is 0 Å². The molecular weight excluding hydrogens is 382 g/mol. The lowest BCUT2D eigenvalue weighted by molar-refractivity contribution is 0.0697. The summed E-state index contributed by atoms with van der Waals surface area (Å²) in [7, 11) is 0. The second-order valence-corrected chi connectivity index (χ2v) is 7.52. The minimum atomic E-state index is -1.20. The molecule has 0 bridgehead atoms. The lowest BCUT2D eigenvalue weighted by Crippen LogP contribution is -2.21. The summed E-state index contributed by atoms with van der Waals surface area (Å²) in [5.41, 5.74) is 4.33. The fourth-order valence-electron chi connectivity index (χ4n) is 3.92. The molecule has 1 amide bonds. The molecule has 1 aromatic heterocycles. The molecule has 2 aliphatic carbocycles. The van der Waals surface area contributed by atoms with E-state index in [1.165, 1.54) is 6.20 Å². The SMILES string of the molecule is O=C(Nc1nc(C2CC2)ncc1C(=O)O)OCC1c2ccccc2-c2ccccc21. The third kappa shape index (κ3) is 3.28. The van der Waals surface area contributed by atoms with Gasteiger partial charge in [0.1, 0.15) is 18.0 Å². The Bertz CT molecular complexity index is 1110. The van der Waals surface area contributed by atoms with Crippen LogP contribution in [0.25, 0.3) is 11.1 Å². The van der Waals surface area contributed by atoms with Crippen molar-refractivity contribution in [2.24, 2.45) is 0 Å². The zero-order valence-electron chi connectivity index (χ0n) is 16.0. The molecule has 7 heteroatoms. The molecule has 0 aliphatic heterocycles. The molecule has 0 atom stereocenters. The van der Waals surface area contributed by atoms with E-state index in [0.29, 0.717) is 5.82 Å². The molecule has 0 spiro atoms. The van der Waals surface area contributed by atoms with Gasteiger partial charge in [-0.1, -0.05) is 48.5 Å². The first-order valence-electron chi connectivity index (χ1n) is 9.84. The summed E-state index contributed by atoms with van der Waals surface area (Å²) in [6.45, 7) is 0.142. The van der Waals surface area contributed by atoms with Crippen LogP contribution in [0.15, 0.2) is 54.7 Å². The Morgan fingerprint density at radius 3 is 2.27 bits per heavy atom. The lowest BCUT2D eigenvalue weighted by Gasteiger charge is -2.15. The average Bonchev–Trinajstić information content (AvgIpc) is 3.55. The van der Waals surface area contributed by atoms with Gasteiger partial charge in [0.05, 0.1) is 0 Å². The molecular formula is C23H19N3O4. The minimum Gasteiger partial charge on any atom is -0.477 e. The van der Waals surface area contributed by atoms with Gasteiger partial charge in [0.15, 0.2) is 5.82 Å². The van der Waals surface area contributed by atoms with Gasteiger partial charge in [-0.25, -0.2) is 19.6 Å². The number of hydrogen-bond donors (Lipinski definition) is 2. The predicted octanol–water partition coefficient (Wildman–Crippen LogP) is 4.41. The largest absolute Gasteiger partial charge is 0.477 e. The number of anilines is 1. The maximum absolute atomic E-state index is 12.5. The van der Waals surface area contributed by atoms with Crippen molar-refractivity contribution < 1.29 is 19.4 Å². The van der Waals surface area contributed by atoms with Gasteiger partial charge in [0.2, 0.25) is 0 Å². The number of nitrogens with one attached hydrogen (secondary N) is 1. The summed E-state index contributed by atoms with van der Waals surface area (Å²) < 4.78 is 5.49. The second kappa shape index (κ2) is 7.26. The van der Waals surface area contributed by atoms with Crippen molar-refractivity contribution in [2.75, 3.05) is 11.9 Å². The number of amides is 1. The molecule has 2 aromatic carbocycles. The Morgan fingerprint density at radius 1 is 1.03 bits per heavy atom. The molecule has 0 saturated heterocycles. The first-order valence-corrected chi connectivity index (χ1v) is 9.84. The molecule has 30 heavy (non-hydrogen) atoms. The highest BCUT2D eigenvalue weighted by Gasteiger charge is 2.30. The molecule has 2 N–H and O–H groups in total. The third-order valence-corrected chi connectivity index (χ3v) is 5.54. The van der Waals surface area contributed by atoms with Gasteiger partial charge in [-0.2, -0.15) is 0 Å². The topological polar surface area (TPSA) is 101 Å². The molecule has 1 heterocycles. The Balaban J connectivity index is 1.34. The lowest BCUT2D eigenvalue weighted by atomic mass is 9.98. The highest BCUT2D eigenvalue weighted by Crippen LogP contribution is 2.44. The molecule has 1 fully saturated rings. The Kier molecular flexibility index (Phi) is 4.43. The van der Waals surface area contributed by atoms with Gasteiger partial charge in [0.25, 0.3) is 0 Å². The van der Waals surface area contributed by atoms with Crippen LogP contribution in [0.3, 0.4) is 0 Å². The zero-order chi connectivity index (χ0) is 20.7. The van der Waals surface area contributed by atoms with E-state index in [-0.39, 0.29) is 29.8 Å². The van der Waals surface area contributed by atoms with Crippen molar-refractivity contribution >= 4 is 17.9 Å². The van der Waals surface area contributed by atoms with Gasteiger partial charge in [-0.3, -0.25) is 5.32 Å². The highest BCUT2D eigenvalue weighted by molar-refractivity contribution is 5.97. The van der Waals surface area contributed by atoms with Crippen LogP contribution in [-0.4, -0.2) is 33.7 Å². The minimum absolute atomic E-state index is 0.0309. The summed E-state index contributed by atoms with van der Waals surface area (Å²) in [6.07, 6.45) is 2.44. The van der Waals surface area contributed by atoms with Crippen LogP contribution >= 0.6 is 0 Å². The number of hydrogen-bond acceptors (Lipinski definition) is 5. The summed E-state index contributed by atoms with van der Waals surface area (Å²) in [4.78, 5) is 32.3. The van der Waals surface area contributed by atoms with Crippen LogP contribution < -0.4 is 5.32 Å². The van der Waals surface area contributed by atoms with E-state index in [9.17, 15) is 14.7 Å². The van der Waals surface area contributed by atoms with Crippen molar-refractivity contribution in [2.45, 2.75) is 24.7 Å². The number of aromatic nitrogens is 2. The average molecular weight is 401 g/mol. The molecule has 0 unspecified atom stereocenters. The number of carboxylic acid groups (broad SMARTS) is 1. The number of ether oxygens (including phenoxy) is 1. The number of rotatable bonds is 5. The zero-order valence-corrected chi connectivity index (χ0v) is 16.0. The summed E-state index contributed by atoms with van der Waals surface area (Å²) >= 11 is 0. The second-order valence-electron chi connectivity index (χ2n) is 7.52. The van der Waals surface area contributed by atoms with Gasteiger partial charge in [-0.05, 0) is 35.1 Å². The number of carbonyl (C=O) groups excluding carboxylic acids is 1. The smallest absolute Gasteiger partial charge is 0.412 e. The van der Waals surface area contributed by atoms with Gasteiger partial charge < -0.3 is 9.84 Å². The predicted molar refractivity (Wildman–Crippen MR) is 110 cm³/mol. The summed E-state index contributed by atoms with van der Waals surface area (Å²) in [5.74, 6) is -0.526. The number of aromatic carboxylic acids is 1. The maximum Gasteiger partial charge on any atom is 0.412 e. The van der Waals surface area contributed by atoms with Crippen LogP contribution in [0.4, 0.5) is 10.6 Å². The number of nitrogens with zero attached hydrogens (tertiary/aromatic N) is 2. The molecule has 0 radical (unpaired) electrons. The van der Waals surface area contributed by atoms with E-state index < -0.39 is 12.1 Å². The van der Waals surface area contributed by atoms with Crippen LogP contribution in [0.2, 0.25) is 0 Å². The Hall–Kier alpha value is -3.74. The fraction of sp³-hybridized carbons (Fsp3) is 0.217. The number of carboxylic acids is 1. The van der Waals surface area contributed by atoms with Crippen molar-refractivity contribution in [3.05, 3.63) is 77.2 Å². The number of benzene rings is 2. The highest BCUT2D eigenvalue weighted by atomic mass is 16.5. The standard InChI is InChI=1S/C23H19N3O4/c27-22(28)18-11-24-20(13-9-10-13)25-21(18)26-23(29)30-12-19-16-7-3-1-5-14(16)15-6-2-4-8-17(15)19/h1-8,11,13,19H,9-10,12H2,(H,27,28)(H,24,25,26,29). The number of fused-ring (bicyclic) bond motifs is 3. The first-order chi connectivity index (χ1) is 14.6. The number of carbonyl (C=O) groups is 2. The van der Waals surface area contributed by atoms with Crippen LogP contribution in [-0.2, 0) is 4.74 Å². The normalized spacial score (nSPS) is 14.7. The Labute approximate surface area is 172 Å². The van der Waals surface area contributed by atoms with Crippen LogP contribution in [0, 0.1) is 0 Å². The fourth-order valence-corrected chi connectivity index (χ4v) is 3.92. The van der Waals surface area contributed by atoms with Crippen molar-refractivity contribution in [1.82, 2.24) is 9.97 Å². The maximum atomic E-state index is 12.5. The van der Waals surface area contributed by atoms with E-state index in [1.807, 2.05) is 36.4 Å². The van der Waals surface area contributed by atoms with E-state index in [4.69, 9.17) is 4.74 Å². The van der Waals surface area contributed by atoms with E-state index in [0.717, 1.165) is 35.1 Å². The monoisotopic (exact) mass is 401 g/mol. The molecule has 2 aliphatic rings. The van der Waals surface area contributed by atoms with Crippen molar-refractivity contribution in [1.29, 1.82) is 0 Å². The van der Waals surface area contributed by atoms with Gasteiger partial charge >= 0.3 is 12.1 Å². The van der Waals surface area contributed by atoms with E-state index >= 15 is 0 Å². The quantitative estimate of drug-likeness (QED) is 0.657. The van der Waals surface area contributed by atoms with E-state index in [2.05, 4.69) is 27.4 Å². The molecule has 5 rings (SSSR count). The molecule has 7 nitrogen and oxygen atoms in total. The van der Waals surface area contributed by atoms with Gasteiger partial charge in [0, 0.05) is 18.0 Å². The molecule has 3 aromatic rings. The molecule has 1 saturated carbocycles. The van der Waals surface area contributed by atoms with Crippen molar-refractivity contribution in [3.63, 3.8) is 0 Å². The van der Waals surface area contributed by atoms with Gasteiger partial charge in [-0.15, -0.1) is 0 Å². The first kappa shape index (κ1) is 18.3. The van der Waals surface area contributed by atoms with Crippen LogP contribution in [0.5, 0.6) is 0 Å². The molecule has 150 valence electrons. The summed E-state index contributed by atoms with van der Waals surface area (Å²) in [6, 6.07) is 16.1. The van der Waals surface area contributed by atoms with Crippen LogP contribution in [0.1, 0.15) is 52.0 Å². The summed E-state index contributed by atoms with van der Waals surface area (Å²) in [5, 5.41) is 11.9.